The first kappa shape index (κ1) is 9.88. The molecule has 0 saturated carbocycles. The minimum atomic E-state index is 0.508. The molecular formula is C7H19N3. The third-order valence-corrected chi connectivity index (χ3v) is 2.02. The number of hydrogen-bond acceptors (Lipinski definition) is 3. The first-order chi connectivity index (χ1) is 4.76. The summed E-state index contributed by atoms with van der Waals surface area (Å²) in [6, 6.07) is 0. The first-order valence-electron chi connectivity index (χ1n) is 3.86. The van der Waals surface area contributed by atoms with Gasteiger partial charge in [0.05, 0.1) is 0 Å². The number of nitrogens with two attached hydrogens (primary N) is 3. The van der Waals surface area contributed by atoms with Crippen molar-refractivity contribution in [3.05, 3.63) is 0 Å². The fourth-order valence-corrected chi connectivity index (χ4v) is 1.04. The fraction of sp³-hybridized carbons (Fsp3) is 1.00. The highest BCUT2D eigenvalue weighted by Gasteiger charge is 2.12. The largest absolute Gasteiger partial charge is 0.330 e. The average Bonchev–Trinajstić information content (AvgIpc) is 1.99. The van der Waals surface area contributed by atoms with Gasteiger partial charge in [-0.3, -0.25) is 0 Å². The van der Waals surface area contributed by atoms with Crippen molar-refractivity contribution in [1.82, 2.24) is 0 Å². The average molecular weight is 145 g/mol. The van der Waals surface area contributed by atoms with Crippen molar-refractivity contribution in [1.29, 1.82) is 0 Å². The Morgan fingerprint density at radius 3 is 2.00 bits per heavy atom. The molecule has 6 N–H and O–H groups in total. The van der Waals surface area contributed by atoms with Crippen LogP contribution in [0.5, 0.6) is 0 Å². The van der Waals surface area contributed by atoms with Crippen LogP contribution in [0, 0.1) is 11.8 Å². The van der Waals surface area contributed by atoms with E-state index in [9.17, 15) is 0 Å². The maximum Gasteiger partial charge on any atom is -0.00454 e. The van der Waals surface area contributed by atoms with Gasteiger partial charge in [-0.2, -0.15) is 0 Å². The number of hydrogen-bond donors (Lipinski definition) is 3. The monoisotopic (exact) mass is 145 g/mol. The Kier molecular flexibility index (Phi) is 5.58. The van der Waals surface area contributed by atoms with Crippen molar-refractivity contribution in [2.75, 3.05) is 19.6 Å². The lowest BCUT2D eigenvalue weighted by atomic mass is 9.91. The molecular weight excluding hydrogens is 126 g/mol. The topological polar surface area (TPSA) is 78.1 Å². The molecule has 0 aromatic carbocycles. The molecule has 0 heterocycles. The summed E-state index contributed by atoms with van der Waals surface area (Å²) in [7, 11) is 0. The lowest BCUT2D eigenvalue weighted by Gasteiger charge is -2.19. The molecule has 0 saturated heterocycles. The minimum absolute atomic E-state index is 0.508. The molecule has 2 unspecified atom stereocenters. The Hall–Kier alpha value is -0.120. The summed E-state index contributed by atoms with van der Waals surface area (Å²) < 4.78 is 0. The van der Waals surface area contributed by atoms with Crippen molar-refractivity contribution < 1.29 is 0 Å². The van der Waals surface area contributed by atoms with E-state index in [4.69, 9.17) is 17.2 Å². The van der Waals surface area contributed by atoms with Crippen LogP contribution < -0.4 is 17.2 Å². The van der Waals surface area contributed by atoms with E-state index in [2.05, 4.69) is 6.92 Å². The molecule has 2 atom stereocenters. The molecule has 0 amide bonds. The van der Waals surface area contributed by atoms with E-state index in [-0.39, 0.29) is 0 Å². The first-order valence-corrected chi connectivity index (χ1v) is 3.86. The summed E-state index contributed by atoms with van der Waals surface area (Å²) in [5.41, 5.74) is 16.4. The van der Waals surface area contributed by atoms with Crippen molar-refractivity contribution in [3.63, 3.8) is 0 Å². The van der Waals surface area contributed by atoms with Crippen molar-refractivity contribution >= 4 is 0 Å². The fourth-order valence-electron chi connectivity index (χ4n) is 1.04. The predicted octanol–water partition coefficient (Wildman–Crippen LogP) is -0.495. The van der Waals surface area contributed by atoms with E-state index >= 15 is 0 Å². The summed E-state index contributed by atoms with van der Waals surface area (Å²) in [4.78, 5) is 0. The van der Waals surface area contributed by atoms with Gasteiger partial charge < -0.3 is 17.2 Å². The van der Waals surface area contributed by atoms with Gasteiger partial charge in [-0.05, 0) is 37.9 Å². The lowest BCUT2D eigenvalue weighted by Crippen LogP contribution is -2.28. The molecule has 0 spiro atoms. The molecule has 0 aliphatic rings. The van der Waals surface area contributed by atoms with E-state index in [0.717, 1.165) is 6.42 Å². The van der Waals surface area contributed by atoms with Gasteiger partial charge in [0, 0.05) is 0 Å². The Morgan fingerprint density at radius 1 is 1.10 bits per heavy atom. The van der Waals surface area contributed by atoms with Crippen molar-refractivity contribution in [2.45, 2.75) is 13.3 Å². The second-order valence-corrected chi connectivity index (χ2v) is 2.79. The summed E-state index contributed by atoms with van der Waals surface area (Å²) in [6.07, 6.45) is 0.995. The molecule has 0 radical (unpaired) electrons. The molecule has 3 nitrogen and oxygen atoms in total. The molecule has 0 rings (SSSR count). The van der Waals surface area contributed by atoms with Crippen LogP contribution in [-0.2, 0) is 0 Å². The predicted molar refractivity (Wildman–Crippen MR) is 44.4 cm³/mol. The third kappa shape index (κ3) is 3.15. The molecule has 0 aliphatic carbocycles. The standard InChI is InChI=1S/C7H19N3/c1-6(4-9)7(5-10)2-3-8/h6-7H,2-5,8-10H2,1H3. The summed E-state index contributed by atoms with van der Waals surface area (Å²) >= 11 is 0. The van der Waals surface area contributed by atoms with Crippen molar-refractivity contribution in [2.24, 2.45) is 29.0 Å². The van der Waals surface area contributed by atoms with Crippen LogP contribution in [-0.4, -0.2) is 19.6 Å². The molecule has 62 valence electrons. The summed E-state index contributed by atoms with van der Waals surface area (Å²) in [5.74, 6) is 1.02. The SMILES string of the molecule is CC(CN)C(CN)CCN. The molecule has 0 bridgehead atoms. The molecule has 3 heteroatoms. The third-order valence-electron chi connectivity index (χ3n) is 2.02. The second-order valence-electron chi connectivity index (χ2n) is 2.79. The van der Waals surface area contributed by atoms with Crippen LogP contribution in [0.25, 0.3) is 0 Å². The number of rotatable bonds is 5. The van der Waals surface area contributed by atoms with Crippen LogP contribution >= 0.6 is 0 Å². The highest BCUT2D eigenvalue weighted by Crippen LogP contribution is 2.11. The lowest BCUT2D eigenvalue weighted by molar-refractivity contribution is 0.355. The molecule has 0 fully saturated rings. The highest BCUT2D eigenvalue weighted by molar-refractivity contribution is 4.67. The zero-order valence-electron chi connectivity index (χ0n) is 6.72. The molecule has 10 heavy (non-hydrogen) atoms. The molecule has 0 aromatic heterocycles. The molecule has 0 aliphatic heterocycles. The zero-order valence-corrected chi connectivity index (χ0v) is 6.72. The maximum absolute atomic E-state index is 5.52. The van der Waals surface area contributed by atoms with Gasteiger partial charge >= 0.3 is 0 Å². The van der Waals surface area contributed by atoms with Gasteiger partial charge in [0.15, 0.2) is 0 Å². The maximum atomic E-state index is 5.52. The van der Waals surface area contributed by atoms with Crippen molar-refractivity contribution in [3.8, 4) is 0 Å². The molecule has 0 aromatic rings. The summed E-state index contributed by atoms with van der Waals surface area (Å²) in [5, 5.41) is 0. The van der Waals surface area contributed by atoms with Gasteiger partial charge in [0.25, 0.3) is 0 Å². The van der Waals surface area contributed by atoms with E-state index < -0.39 is 0 Å². The van der Waals surface area contributed by atoms with Gasteiger partial charge in [-0.25, -0.2) is 0 Å². The van der Waals surface area contributed by atoms with Gasteiger partial charge in [-0.15, -0.1) is 0 Å². The van der Waals surface area contributed by atoms with Crippen LogP contribution in [0.4, 0.5) is 0 Å². The Labute approximate surface area is 62.9 Å². The van der Waals surface area contributed by atoms with Crippen LogP contribution in [0.2, 0.25) is 0 Å². The van der Waals surface area contributed by atoms with Gasteiger partial charge in [-0.1, -0.05) is 6.92 Å². The van der Waals surface area contributed by atoms with Crippen LogP contribution in [0.3, 0.4) is 0 Å². The Balaban J connectivity index is 3.56. The summed E-state index contributed by atoms with van der Waals surface area (Å²) in [6.45, 7) is 4.25. The van der Waals surface area contributed by atoms with E-state index in [1.165, 1.54) is 0 Å². The Bertz CT molecular complexity index is 75.3. The normalized spacial score (nSPS) is 16.8. The quantitative estimate of drug-likeness (QED) is 0.488. The van der Waals surface area contributed by atoms with E-state index in [0.29, 0.717) is 31.5 Å². The zero-order chi connectivity index (χ0) is 7.98. The Morgan fingerprint density at radius 2 is 1.70 bits per heavy atom. The van der Waals surface area contributed by atoms with Gasteiger partial charge in [0.2, 0.25) is 0 Å². The van der Waals surface area contributed by atoms with E-state index in [1.54, 1.807) is 0 Å². The highest BCUT2D eigenvalue weighted by atomic mass is 14.6. The van der Waals surface area contributed by atoms with Crippen LogP contribution in [0.15, 0.2) is 0 Å². The smallest absolute Gasteiger partial charge is 0.00454 e. The minimum Gasteiger partial charge on any atom is -0.330 e. The van der Waals surface area contributed by atoms with Crippen LogP contribution in [0.1, 0.15) is 13.3 Å². The van der Waals surface area contributed by atoms with Gasteiger partial charge in [0.1, 0.15) is 0 Å². The second kappa shape index (κ2) is 5.65. The van der Waals surface area contributed by atoms with E-state index in [1.807, 2.05) is 0 Å².